The molecule has 1 aliphatic rings. The van der Waals surface area contributed by atoms with Crippen molar-refractivity contribution in [2.75, 3.05) is 31.6 Å². The zero-order valence-corrected chi connectivity index (χ0v) is 17.3. The first-order valence-electron chi connectivity index (χ1n) is 10.2. The van der Waals surface area contributed by atoms with E-state index < -0.39 is 5.60 Å². The zero-order chi connectivity index (χ0) is 20.1. The molecular formula is C24H32N2O2. The molecule has 1 amide bonds. The van der Waals surface area contributed by atoms with Gasteiger partial charge in [0.1, 0.15) is 0 Å². The predicted octanol–water partition coefficient (Wildman–Crippen LogP) is 3.99. The third-order valence-corrected chi connectivity index (χ3v) is 5.51. The van der Waals surface area contributed by atoms with E-state index in [1.54, 1.807) is 0 Å². The number of amides is 1. The first kappa shape index (κ1) is 20.4. The fraction of sp³-hybridized carbons (Fsp3) is 0.458. The summed E-state index contributed by atoms with van der Waals surface area (Å²) in [6, 6.07) is 18.3. The number of para-hydroxylation sites is 1. The smallest absolute Gasteiger partial charge is 0.253 e. The molecule has 0 unspecified atom stereocenters. The first-order chi connectivity index (χ1) is 13.3. The Morgan fingerprint density at radius 1 is 1.14 bits per heavy atom. The van der Waals surface area contributed by atoms with E-state index in [9.17, 15) is 9.90 Å². The third-order valence-electron chi connectivity index (χ3n) is 5.51. The topological polar surface area (TPSA) is 43.8 Å². The summed E-state index contributed by atoms with van der Waals surface area (Å²) in [4.78, 5) is 17.0. The summed E-state index contributed by atoms with van der Waals surface area (Å²) >= 11 is 0. The van der Waals surface area contributed by atoms with E-state index in [2.05, 4.69) is 29.2 Å². The summed E-state index contributed by atoms with van der Waals surface area (Å²) in [5.74, 6) is 0.576. The molecule has 4 heteroatoms. The number of carbonyl (C=O) groups is 1. The summed E-state index contributed by atoms with van der Waals surface area (Å²) in [5, 5.41) is 9.86. The van der Waals surface area contributed by atoms with E-state index >= 15 is 0 Å². The first-order valence-corrected chi connectivity index (χ1v) is 10.2. The second-order valence-electron chi connectivity index (χ2n) is 8.63. The molecule has 2 aromatic rings. The Kier molecular flexibility index (Phi) is 6.40. The number of anilines is 1. The zero-order valence-electron chi connectivity index (χ0n) is 17.3. The highest BCUT2D eigenvalue weighted by molar-refractivity contribution is 5.94. The Morgan fingerprint density at radius 3 is 2.46 bits per heavy atom. The van der Waals surface area contributed by atoms with Gasteiger partial charge in [0.2, 0.25) is 0 Å². The van der Waals surface area contributed by atoms with Crippen molar-refractivity contribution in [3.8, 4) is 0 Å². The second-order valence-corrected chi connectivity index (χ2v) is 8.63. The van der Waals surface area contributed by atoms with Crippen LogP contribution in [0.4, 0.5) is 5.69 Å². The third kappa shape index (κ3) is 5.59. The molecule has 1 N–H and O–H groups in total. The van der Waals surface area contributed by atoms with Gasteiger partial charge in [-0.3, -0.25) is 4.79 Å². The van der Waals surface area contributed by atoms with Crippen molar-refractivity contribution in [2.45, 2.75) is 38.7 Å². The highest BCUT2D eigenvalue weighted by Crippen LogP contribution is 2.24. The van der Waals surface area contributed by atoms with Crippen molar-refractivity contribution in [1.82, 2.24) is 4.90 Å². The molecule has 1 saturated heterocycles. The standard InChI is InChI=1S/C24H32N2O2/c1-24(2,28)15-13-19-9-11-21(12-10-19)23(27)25(3)17-20-14-16-26(18-20)22-7-5-4-6-8-22/h4-12,20,28H,13-18H2,1-3H3/t20-/m1/s1. The van der Waals surface area contributed by atoms with Gasteiger partial charge in [-0.05, 0) is 68.9 Å². The van der Waals surface area contributed by atoms with Gasteiger partial charge in [-0.25, -0.2) is 0 Å². The Labute approximate surface area is 168 Å². The highest BCUT2D eigenvalue weighted by atomic mass is 16.3. The maximum Gasteiger partial charge on any atom is 0.253 e. The van der Waals surface area contributed by atoms with Crippen LogP contribution in [0.2, 0.25) is 0 Å². The highest BCUT2D eigenvalue weighted by Gasteiger charge is 2.25. The van der Waals surface area contributed by atoms with Crippen LogP contribution in [-0.4, -0.2) is 48.2 Å². The normalized spacial score (nSPS) is 17.0. The monoisotopic (exact) mass is 380 g/mol. The number of hydrogen-bond acceptors (Lipinski definition) is 3. The molecule has 1 fully saturated rings. The van der Waals surface area contributed by atoms with Crippen LogP contribution < -0.4 is 4.90 Å². The predicted molar refractivity (Wildman–Crippen MR) is 115 cm³/mol. The van der Waals surface area contributed by atoms with E-state index in [-0.39, 0.29) is 5.91 Å². The molecule has 1 atom stereocenters. The lowest BCUT2D eigenvalue weighted by atomic mass is 9.98. The van der Waals surface area contributed by atoms with Crippen LogP contribution in [0.1, 0.15) is 42.6 Å². The number of aliphatic hydroxyl groups is 1. The molecule has 2 aromatic carbocycles. The van der Waals surface area contributed by atoms with E-state index in [4.69, 9.17) is 0 Å². The average Bonchev–Trinajstić information content (AvgIpc) is 3.15. The number of hydrogen-bond donors (Lipinski definition) is 1. The van der Waals surface area contributed by atoms with Crippen molar-refractivity contribution in [1.29, 1.82) is 0 Å². The summed E-state index contributed by atoms with van der Waals surface area (Å²) in [7, 11) is 1.90. The minimum atomic E-state index is -0.663. The van der Waals surface area contributed by atoms with Gasteiger partial charge in [0, 0.05) is 37.9 Å². The second kappa shape index (κ2) is 8.78. The molecule has 0 bridgehead atoms. The molecule has 3 rings (SSSR count). The molecule has 1 heterocycles. The van der Waals surface area contributed by atoms with E-state index in [0.29, 0.717) is 12.3 Å². The van der Waals surface area contributed by atoms with Crippen LogP contribution in [0.5, 0.6) is 0 Å². The molecular weight excluding hydrogens is 348 g/mol. The number of nitrogens with zero attached hydrogens (tertiary/aromatic N) is 2. The van der Waals surface area contributed by atoms with E-state index in [1.807, 2.05) is 56.1 Å². The number of rotatable bonds is 7. The van der Waals surface area contributed by atoms with Gasteiger partial charge in [-0.15, -0.1) is 0 Å². The van der Waals surface area contributed by atoms with Crippen LogP contribution in [0, 0.1) is 5.92 Å². The minimum absolute atomic E-state index is 0.0761. The fourth-order valence-electron chi connectivity index (χ4n) is 3.81. The SMILES string of the molecule is CN(C[C@H]1CCN(c2ccccc2)C1)C(=O)c1ccc(CCC(C)(C)O)cc1. The maximum atomic E-state index is 12.8. The molecule has 0 aliphatic carbocycles. The van der Waals surface area contributed by atoms with Gasteiger partial charge in [0.05, 0.1) is 5.60 Å². The van der Waals surface area contributed by atoms with Crippen molar-refractivity contribution in [2.24, 2.45) is 5.92 Å². The average molecular weight is 381 g/mol. The summed E-state index contributed by atoms with van der Waals surface area (Å²) in [6.45, 7) is 6.47. The van der Waals surface area contributed by atoms with Gasteiger partial charge in [0.15, 0.2) is 0 Å². The summed E-state index contributed by atoms with van der Waals surface area (Å²) in [6.07, 6.45) is 2.63. The van der Waals surface area contributed by atoms with Crippen molar-refractivity contribution >= 4 is 11.6 Å². The van der Waals surface area contributed by atoms with E-state index in [0.717, 1.165) is 43.6 Å². The van der Waals surface area contributed by atoms with Gasteiger partial charge in [-0.1, -0.05) is 30.3 Å². The lowest BCUT2D eigenvalue weighted by Gasteiger charge is -2.23. The van der Waals surface area contributed by atoms with Crippen molar-refractivity contribution < 1.29 is 9.90 Å². The van der Waals surface area contributed by atoms with Crippen LogP contribution in [-0.2, 0) is 6.42 Å². The molecule has 150 valence electrons. The van der Waals surface area contributed by atoms with Gasteiger partial charge in [-0.2, -0.15) is 0 Å². The van der Waals surface area contributed by atoms with Crippen LogP contribution >= 0.6 is 0 Å². The number of carbonyl (C=O) groups excluding carboxylic acids is 1. The molecule has 4 nitrogen and oxygen atoms in total. The molecule has 28 heavy (non-hydrogen) atoms. The minimum Gasteiger partial charge on any atom is -0.390 e. The van der Waals surface area contributed by atoms with Crippen molar-refractivity contribution in [3.63, 3.8) is 0 Å². The maximum absolute atomic E-state index is 12.8. The molecule has 0 spiro atoms. The summed E-state index contributed by atoms with van der Waals surface area (Å²) < 4.78 is 0. The van der Waals surface area contributed by atoms with Crippen molar-refractivity contribution in [3.05, 3.63) is 65.7 Å². The Morgan fingerprint density at radius 2 is 1.82 bits per heavy atom. The largest absolute Gasteiger partial charge is 0.390 e. The lowest BCUT2D eigenvalue weighted by molar-refractivity contribution is 0.0712. The van der Waals surface area contributed by atoms with Gasteiger partial charge < -0.3 is 14.9 Å². The van der Waals surface area contributed by atoms with Gasteiger partial charge in [0.25, 0.3) is 5.91 Å². The molecule has 0 radical (unpaired) electrons. The lowest BCUT2D eigenvalue weighted by Crippen LogP contribution is -2.33. The number of benzene rings is 2. The van der Waals surface area contributed by atoms with Gasteiger partial charge >= 0.3 is 0 Å². The van der Waals surface area contributed by atoms with Crippen LogP contribution in [0.3, 0.4) is 0 Å². The molecule has 0 saturated carbocycles. The molecule has 0 aromatic heterocycles. The van der Waals surface area contributed by atoms with Crippen LogP contribution in [0.15, 0.2) is 54.6 Å². The quantitative estimate of drug-likeness (QED) is 0.790. The fourth-order valence-corrected chi connectivity index (χ4v) is 3.81. The Hall–Kier alpha value is -2.33. The Bertz CT molecular complexity index is 765. The molecule has 1 aliphatic heterocycles. The van der Waals surface area contributed by atoms with E-state index in [1.165, 1.54) is 5.69 Å². The summed E-state index contributed by atoms with van der Waals surface area (Å²) in [5.41, 5.74) is 2.48. The van der Waals surface area contributed by atoms with Crippen LogP contribution in [0.25, 0.3) is 0 Å². The Balaban J connectivity index is 1.52. The number of aryl methyl sites for hydroxylation is 1.